The van der Waals surface area contributed by atoms with E-state index in [-0.39, 0.29) is 0 Å². The Kier molecular flexibility index (Phi) is 9.04. The Morgan fingerprint density at radius 1 is 0.974 bits per heavy atom. The van der Waals surface area contributed by atoms with Gasteiger partial charge in [-0.1, -0.05) is 38.1 Å². The first kappa shape index (κ1) is 27.5. The third kappa shape index (κ3) is 6.56. The van der Waals surface area contributed by atoms with E-state index in [0.29, 0.717) is 24.9 Å². The van der Waals surface area contributed by atoms with Crippen LogP contribution in [0.5, 0.6) is 11.8 Å². The van der Waals surface area contributed by atoms with Crippen LogP contribution in [0.2, 0.25) is 0 Å². The summed E-state index contributed by atoms with van der Waals surface area (Å²) in [5, 5.41) is 12.6. The maximum atomic E-state index is 10.5. The normalized spacial score (nSPS) is 16.4. The number of benzene rings is 2. The van der Waals surface area contributed by atoms with Crippen LogP contribution in [0.25, 0.3) is 10.8 Å². The van der Waals surface area contributed by atoms with Gasteiger partial charge in [0.2, 0.25) is 0 Å². The van der Waals surface area contributed by atoms with Gasteiger partial charge in [-0.2, -0.15) is 9.97 Å². The maximum absolute atomic E-state index is 10.5. The lowest BCUT2D eigenvalue weighted by Gasteiger charge is -2.34. The summed E-state index contributed by atoms with van der Waals surface area (Å²) in [6.07, 6.45) is 3.97. The topological polar surface area (TPSA) is 68.2 Å². The van der Waals surface area contributed by atoms with Crippen LogP contribution in [0, 0.1) is 0 Å². The molecular weight excluding hydrogens is 488 g/mol. The number of aromatic hydroxyl groups is 1. The first-order valence-corrected chi connectivity index (χ1v) is 14.7. The number of nitrogens with zero attached hydrogens (tertiary/aromatic N) is 6. The number of phenols is 1. The largest absolute Gasteiger partial charge is 0.508 e. The van der Waals surface area contributed by atoms with E-state index in [0.717, 1.165) is 106 Å². The first-order valence-electron chi connectivity index (χ1n) is 14.7. The van der Waals surface area contributed by atoms with Gasteiger partial charge in [0.1, 0.15) is 11.6 Å². The second-order valence-electron chi connectivity index (χ2n) is 10.9. The second kappa shape index (κ2) is 12.8. The van der Waals surface area contributed by atoms with Crippen molar-refractivity contribution < 1.29 is 9.84 Å². The van der Waals surface area contributed by atoms with Gasteiger partial charge in [0.25, 0.3) is 0 Å². The van der Waals surface area contributed by atoms with E-state index >= 15 is 0 Å². The monoisotopic (exact) mass is 532 g/mol. The number of aromatic nitrogens is 2. The van der Waals surface area contributed by atoms with Gasteiger partial charge in [0.05, 0.1) is 18.8 Å². The van der Waals surface area contributed by atoms with Gasteiger partial charge in [0, 0.05) is 75.1 Å². The van der Waals surface area contributed by atoms with Crippen molar-refractivity contribution in [2.24, 2.45) is 0 Å². The number of hydrogen-bond acceptors (Lipinski definition) is 8. The molecule has 2 aliphatic rings. The fourth-order valence-electron chi connectivity index (χ4n) is 5.84. The number of rotatable bonds is 11. The minimum absolute atomic E-state index is 0.291. The van der Waals surface area contributed by atoms with Crippen LogP contribution in [0.15, 0.2) is 36.4 Å². The van der Waals surface area contributed by atoms with Crippen molar-refractivity contribution in [1.29, 1.82) is 0 Å². The zero-order valence-corrected chi connectivity index (χ0v) is 23.9. The number of phenolic OH excluding ortho intramolecular Hbond substituents is 1. The molecule has 0 saturated carbocycles. The van der Waals surface area contributed by atoms with Crippen molar-refractivity contribution in [2.75, 3.05) is 75.8 Å². The Balaban J connectivity index is 1.38. The molecule has 0 unspecified atom stereocenters. The van der Waals surface area contributed by atoms with Gasteiger partial charge in [-0.25, -0.2) is 0 Å². The zero-order valence-electron chi connectivity index (χ0n) is 23.9. The summed E-state index contributed by atoms with van der Waals surface area (Å²) in [7, 11) is 2.19. The van der Waals surface area contributed by atoms with E-state index in [4.69, 9.17) is 14.7 Å². The Morgan fingerprint density at radius 3 is 2.51 bits per heavy atom. The molecule has 0 bridgehead atoms. The van der Waals surface area contributed by atoms with Crippen molar-refractivity contribution in [3.63, 3.8) is 0 Å². The number of anilines is 2. The summed E-state index contributed by atoms with van der Waals surface area (Å²) in [5.74, 6) is 1.33. The molecule has 0 aliphatic carbocycles. The molecule has 1 fully saturated rings. The third-order valence-corrected chi connectivity index (χ3v) is 7.92. The van der Waals surface area contributed by atoms with E-state index in [1.165, 1.54) is 5.56 Å². The number of likely N-dealkylation sites (N-methyl/N-ethyl adjacent to an activating group) is 1. The maximum Gasteiger partial charge on any atom is 0.318 e. The molecule has 1 N–H and O–H groups in total. The molecule has 210 valence electrons. The van der Waals surface area contributed by atoms with Gasteiger partial charge in [-0.3, -0.25) is 0 Å². The van der Waals surface area contributed by atoms with Crippen LogP contribution in [0.4, 0.5) is 11.5 Å². The molecule has 8 heteroatoms. The molecule has 0 spiro atoms. The Hall–Kier alpha value is -3.10. The summed E-state index contributed by atoms with van der Waals surface area (Å²) >= 11 is 0. The van der Waals surface area contributed by atoms with Crippen LogP contribution >= 0.6 is 0 Å². The molecule has 2 aliphatic heterocycles. The average molecular weight is 533 g/mol. The SMILES string of the molecule is CCCN(CCC)c1nc(OCCCN2CCN(C)CC2)nc2c1CCN(c1cc(O)cc3ccccc13)C2. The van der Waals surface area contributed by atoms with Gasteiger partial charge < -0.3 is 29.4 Å². The predicted octanol–water partition coefficient (Wildman–Crippen LogP) is 4.54. The summed E-state index contributed by atoms with van der Waals surface area (Å²) in [6, 6.07) is 12.5. The molecule has 5 rings (SSSR count). The molecule has 3 aromatic rings. The van der Waals surface area contributed by atoms with E-state index < -0.39 is 0 Å². The molecule has 39 heavy (non-hydrogen) atoms. The van der Waals surface area contributed by atoms with Crippen molar-refractivity contribution in [1.82, 2.24) is 19.8 Å². The fraction of sp³-hybridized carbons (Fsp3) is 0.548. The Labute approximate surface area is 233 Å². The van der Waals surface area contributed by atoms with Gasteiger partial charge >= 0.3 is 6.01 Å². The molecule has 1 saturated heterocycles. The lowest BCUT2D eigenvalue weighted by atomic mass is 10.0. The summed E-state index contributed by atoms with van der Waals surface area (Å²) in [6.45, 7) is 14.1. The fourth-order valence-corrected chi connectivity index (χ4v) is 5.84. The summed E-state index contributed by atoms with van der Waals surface area (Å²) in [4.78, 5) is 19.6. The molecule has 1 aromatic heterocycles. The minimum atomic E-state index is 0.291. The highest BCUT2D eigenvalue weighted by molar-refractivity contribution is 5.95. The van der Waals surface area contributed by atoms with E-state index in [2.05, 4.69) is 58.7 Å². The molecular formula is C31H44N6O2. The van der Waals surface area contributed by atoms with Crippen molar-refractivity contribution >= 4 is 22.3 Å². The lowest BCUT2D eigenvalue weighted by Crippen LogP contribution is -2.44. The highest BCUT2D eigenvalue weighted by atomic mass is 16.5. The molecule has 8 nitrogen and oxygen atoms in total. The lowest BCUT2D eigenvalue weighted by molar-refractivity contribution is 0.144. The van der Waals surface area contributed by atoms with Crippen molar-refractivity contribution in [3.8, 4) is 11.8 Å². The van der Waals surface area contributed by atoms with Gasteiger partial charge in [-0.15, -0.1) is 0 Å². The predicted molar refractivity (Wildman–Crippen MR) is 159 cm³/mol. The van der Waals surface area contributed by atoms with Crippen LogP contribution in [0.1, 0.15) is 44.4 Å². The summed E-state index contributed by atoms with van der Waals surface area (Å²) < 4.78 is 6.22. The third-order valence-electron chi connectivity index (χ3n) is 7.92. The number of ether oxygens (including phenoxy) is 1. The van der Waals surface area contributed by atoms with Crippen molar-refractivity contribution in [2.45, 2.75) is 46.1 Å². The standard InChI is InChI=1S/C31H44N6O2/c1-4-12-36(13-5-2)30-27-11-15-37(29-22-25(38)21-24-9-6-7-10-26(24)29)23-28(27)32-31(33-30)39-20-8-14-35-18-16-34(3)17-19-35/h6-7,9-10,21-22,38H,4-5,8,11-20,23H2,1-3H3. The molecule has 2 aromatic carbocycles. The van der Waals surface area contributed by atoms with E-state index in [1.807, 2.05) is 18.2 Å². The van der Waals surface area contributed by atoms with Gasteiger partial charge in [-0.05, 0) is 44.2 Å². The van der Waals surface area contributed by atoms with Gasteiger partial charge in [0.15, 0.2) is 0 Å². The highest BCUT2D eigenvalue weighted by Crippen LogP contribution is 2.36. The van der Waals surface area contributed by atoms with Crippen LogP contribution in [-0.2, 0) is 13.0 Å². The van der Waals surface area contributed by atoms with Crippen LogP contribution < -0.4 is 14.5 Å². The van der Waals surface area contributed by atoms with Crippen LogP contribution in [-0.4, -0.2) is 90.9 Å². The molecule has 3 heterocycles. The first-order chi connectivity index (χ1) is 19.1. The van der Waals surface area contributed by atoms with E-state index in [1.54, 1.807) is 0 Å². The average Bonchev–Trinajstić information content (AvgIpc) is 2.95. The Morgan fingerprint density at radius 2 is 1.74 bits per heavy atom. The molecule has 0 radical (unpaired) electrons. The number of hydrogen-bond donors (Lipinski definition) is 1. The number of piperazine rings is 1. The summed E-state index contributed by atoms with van der Waals surface area (Å²) in [5.41, 5.74) is 3.32. The number of fused-ring (bicyclic) bond motifs is 2. The molecule has 0 atom stereocenters. The van der Waals surface area contributed by atoms with E-state index in [9.17, 15) is 5.11 Å². The molecule has 0 amide bonds. The smallest absolute Gasteiger partial charge is 0.318 e. The highest BCUT2D eigenvalue weighted by Gasteiger charge is 2.26. The van der Waals surface area contributed by atoms with Crippen LogP contribution in [0.3, 0.4) is 0 Å². The Bertz CT molecular complexity index is 1240. The quantitative estimate of drug-likeness (QED) is 0.361. The van der Waals surface area contributed by atoms with Crippen molar-refractivity contribution in [3.05, 3.63) is 47.7 Å². The zero-order chi connectivity index (χ0) is 27.2. The second-order valence-corrected chi connectivity index (χ2v) is 10.9. The minimum Gasteiger partial charge on any atom is -0.508 e.